The number of ether oxygens (including phenoxy) is 3. The summed E-state index contributed by atoms with van der Waals surface area (Å²) in [4.78, 5) is 12.3. The Balaban J connectivity index is 1.39. The van der Waals surface area contributed by atoms with Gasteiger partial charge < -0.3 is 19.5 Å². The number of aryl methyl sites for hydroxylation is 1. The maximum Gasteiger partial charge on any atom is 0.338 e. The number of carbonyl (C=O) groups is 1. The van der Waals surface area contributed by atoms with Crippen molar-refractivity contribution >= 4 is 5.97 Å². The van der Waals surface area contributed by atoms with Gasteiger partial charge in [0.1, 0.15) is 11.9 Å². The van der Waals surface area contributed by atoms with E-state index < -0.39 is 0 Å². The lowest BCUT2D eigenvalue weighted by atomic mass is 9.82. The smallest absolute Gasteiger partial charge is 0.338 e. The van der Waals surface area contributed by atoms with Crippen LogP contribution < -0.4 is 14.8 Å². The molecule has 5 nitrogen and oxygen atoms in total. The summed E-state index contributed by atoms with van der Waals surface area (Å²) in [5.41, 5.74) is 4.76. The highest BCUT2D eigenvalue weighted by atomic mass is 19.1. The first-order valence-corrected chi connectivity index (χ1v) is 12.0. The fourth-order valence-electron chi connectivity index (χ4n) is 4.65. The highest BCUT2D eigenvalue weighted by Gasteiger charge is 2.29. The monoisotopic (exact) mass is 477 g/mol. The number of rotatable bonds is 9. The van der Waals surface area contributed by atoms with Gasteiger partial charge in [0.25, 0.3) is 0 Å². The summed E-state index contributed by atoms with van der Waals surface area (Å²) in [6.45, 7) is 3.51. The zero-order chi connectivity index (χ0) is 24.8. The second kappa shape index (κ2) is 11.4. The van der Waals surface area contributed by atoms with Crippen molar-refractivity contribution in [1.29, 1.82) is 0 Å². The second-order valence-corrected chi connectivity index (χ2v) is 8.89. The second-order valence-electron chi connectivity index (χ2n) is 8.89. The van der Waals surface area contributed by atoms with E-state index in [0.717, 1.165) is 60.4 Å². The molecule has 0 unspecified atom stereocenters. The predicted molar refractivity (Wildman–Crippen MR) is 134 cm³/mol. The van der Waals surface area contributed by atoms with Crippen LogP contribution in [0.4, 0.5) is 4.39 Å². The number of halogens is 1. The Bertz CT molecular complexity index is 1180. The molecule has 3 aromatic rings. The van der Waals surface area contributed by atoms with Crippen molar-refractivity contribution in [2.45, 2.75) is 38.2 Å². The minimum absolute atomic E-state index is 0.0520. The maximum absolute atomic E-state index is 13.6. The van der Waals surface area contributed by atoms with Gasteiger partial charge in [0.2, 0.25) is 0 Å². The van der Waals surface area contributed by atoms with Gasteiger partial charge in [-0.1, -0.05) is 36.4 Å². The van der Waals surface area contributed by atoms with Crippen LogP contribution in [-0.2, 0) is 11.2 Å². The molecule has 184 valence electrons. The van der Waals surface area contributed by atoms with E-state index in [1.54, 1.807) is 12.1 Å². The van der Waals surface area contributed by atoms with Crippen LogP contribution in [0, 0.1) is 12.7 Å². The Labute approximate surface area is 206 Å². The average Bonchev–Trinajstić information content (AvgIpc) is 2.88. The molecule has 3 aromatic carbocycles. The number of esters is 1. The summed E-state index contributed by atoms with van der Waals surface area (Å²) >= 11 is 0. The SMILES string of the molecule is COC(=O)c1cc([C@H]2C[C@H](CCNCCc3ccc(F)c(OC)c3)Oc3ccccc32)ccc1C. The molecule has 4 rings (SSSR count). The number of hydrogen-bond acceptors (Lipinski definition) is 5. The van der Waals surface area contributed by atoms with E-state index in [1.165, 1.54) is 20.3 Å². The molecule has 6 heteroatoms. The Morgan fingerprint density at radius 1 is 1.09 bits per heavy atom. The number of fused-ring (bicyclic) bond motifs is 1. The number of benzene rings is 3. The van der Waals surface area contributed by atoms with E-state index in [1.807, 2.05) is 37.3 Å². The fourth-order valence-corrected chi connectivity index (χ4v) is 4.65. The first kappa shape index (κ1) is 24.7. The molecule has 0 radical (unpaired) electrons. The topological polar surface area (TPSA) is 56.8 Å². The van der Waals surface area contributed by atoms with Crippen LogP contribution in [0.3, 0.4) is 0 Å². The van der Waals surface area contributed by atoms with Crippen molar-refractivity contribution in [1.82, 2.24) is 5.32 Å². The fraction of sp³-hybridized carbons (Fsp3) is 0.345. The lowest BCUT2D eigenvalue weighted by molar-refractivity contribution is 0.0599. The molecule has 0 fully saturated rings. The van der Waals surface area contributed by atoms with Crippen molar-refractivity contribution < 1.29 is 23.4 Å². The molecule has 0 bridgehead atoms. The van der Waals surface area contributed by atoms with Crippen LogP contribution in [0.5, 0.6) is 11.5 Å². The molecule has 0 aliphatic carbocycles. The zero-order valence-electron chi connectivity index (χ0n) is 20.5. The van der Waals surface area contributed by atoms with E-state index in [-0.39, 0.29) is 29.6 Å². The minimum atomic E-state index is -0.347. The lowest BCUT2D eigenvalue weighted by Crippen LogP contribution is -2.30. The number of hydrogen-bond donors (Lipinski definition) is 1. The molecule has 1 aliphatic rings. The van der Waals surface area contributed by atoms with Crippen LogP contribution in [0.25, 0.3) is 0 Å². The van der Waals surface area contributed by atoms with Gasteiger partial charge >= 0.3 is 5.97 Å². The third-order valence-corrected chi connectivity index (χ3v) is 6.61. The van der Waals surface area contributed by atoms with Gasteiger partial charge in [0, 0.05) is 11.5 Å². The van der Waals surface area contributed by atoms with E-state index in [9.17, 15) is 9.18 Å². The first-order valence-electron chi connectivity index (χ1n) is 12.0. The third-order valence-electron chi connectivity index (χ3n) is 6.61. The summed E-state index contributed by atoms with van der Waals surface area (Å²) in [5, 5.41) is 3.48. The van der Waals surface area contributed by atoms with E-state index >= 15 is 0 Å². The number of para-hydroxylation sites is 1. The van der Waals surface area contributed by atoms with Crippen molar-refractivity contribution in [3.8, 4) is 11.5 Å². The molecule has 0 spiro atoms. The lowest BCUT2D eigenvalue weighted by Gasteiger charge is -2.33. The number of carbonyl (C=O) groups excluding carboxylic acids is 1. The predicted octanol–water partition coefficient (Wildman–Crippen LogP) is 5.43. The van der Waals surface area contributed by atoms with Crippen LogP contribution in [0.1, 0.15) is 51.4 Å². The molecule has 2 atom stereocenters. The van der Waals surface area contributed by atoms with Gasteiger partial charge in [-0.15, -0.1) is 0 Å². The van der Waals surface area contributed by atoms with E-state index in [0.29, 0.717) is 5.56 Å². The molecule has 0 saturated carbocycles. The highest BCUT2D eigenvalue weighted by Crippen LogP contribution is 2.41. The summed E-state index contributed by atoms with van der Waals surface area (Å²) in [6.07, 6.45) is 2.52. The molecule has 0 saturated heterocycles. The van der Waals surface area contributed by atoms with Gasteiger partial charge in [-0.2, -0.15) is 0 Å². The highest BCUT2D eigenvalue weighted by molar-refractivity contribution is 5.91. The van der Waals surface area contributed by atoms with Gasteiger partial charge in [0.15, 0.2) is 11.6 Å². The Morgan fingerprint density at radius 3 is 2.71 bits per heavy atom. The van der Waals surface area contributed by atoms with Gasteiger partial charge in [-0.3, -0.25) is 0 Å². The maximum atomic E-state index is 13.6. The molecule has 0 amide bonds. The first-order chi connectivity index (χ1) is 17.0. The number of methoxy groups -OCH3 is 2. The zero-order valence-corrected chi connectivity index (χ0v) is 20.5. The van der Waals surface area contributed by atoms with Crippen molar-refractivity contribution in [3.63, 3.8) is 0 Å². The summed E-state index contributed by atoms with van der Waals surface area (Å²) in [5.74, 6) is 0.646. The summed E-state index contributed by atoms with van der Waals surface area (Å²) in [7, 11) is 2.89. The normalized spacial score (nSPS) is 16.8. The van der Waals surface area contributed by atoms with E-state index in [2.05, 4.69) is 17.4 Å². The molecule has 1 heterocycles. The van der Waals surface area contributed by atoms with Gasteiger partial charge in [-0.25, -0.2) is 9.18 Å². The average molecular weight is 478 g/mol. The van der Waals surface area contributed by atoms with Crippen LogP contribution in [0.15, 0.2) is 60.7 Å². The molecule has 0 aromatic heterocycles. The largest absolute Gasteiger partial charge is 0.494 e. The molecular formula is C29H32FNO4. The van der Waals surface area contributed by atoms with Crippen molar-refractivity contribution in [2.24, 2.45) is 0 Å². The summed E-state index contributed by atoms with van der Waals surface area (Å²) in [6, 6.07) is 19.1. The standard InChI is InChI=1S/C29H32FNO4/c1-19-8-10-21(17-24(19)29(32)34-3)25-18-22(35-27-7-5-4-6-23(25)27)13-15-31-14-12-20-9-11-26(30)28(16-20)33-2/h4-11,16-17,22,25,31H,12-15,18H2,1-3H3/t22-,25+/m0/s1. The summed E-state index contributed by atoms with van der Waals surface area (Å²) < 4.78 is 30.0. The quantitative estimate of drug-likeness (QED) is 0.329. The Kier molecular flexibility index (Phi) is 8.03. The molecule has 1 N–H and O–H groups in total. The van der Waals surface area contributed by atoms with Crippen molar-refractivity contribution in [2.75, 3.05) is 27.3 Å². The van der Waals surface area contributed by atoms with Gasteiger partial charge in [0.05, 0.1) is 19.8 Å². The molecular weight excluding hydrogens is 445 g/mol. The number of nitrogens with one attached hydrogen (secondary N) is 1. The van der Waals surface area contributed by atoms with Crippen molar-refractivity contribution in [3.05, 3.63) is 94.3 Å². The van der Waals surface area contributed by atoms with Gasteiger partial charge in [-0.05, 0) is 80.2 Å². The van der Waals surface area contributed by atoms with Crippen LogP contribution in [0.2, 0.25) is 0 Å². The van der Waals surface area contributed by atoms with E-state index in [4.69, 9.17) is 14.2 Å². The van der Waals surface area contributed by atoms with Crippen LogP contribution >= 0.6 is 0 Å². The minimum Gasteiger partial charge on any atom is -0.494 e. The molecule has 1 aliphatic heterocycles. The Morgan fingerprint density at radius 2 is 1.91 bits per heavy atom. The van der Waals surface area contributed by atoms with Crippen LogP contribution in [-0.4, -0.2) is 39.4 Å². The molecule has 35 heavy (non-hydrogen) atoms. The third kappa shape index (κ3) is 5.82. The Hall–Kier alpha value is -3.38.